The van der Waals surface area contributed by atoms with Crippen molar-refractivity contribution in [3.8, 4) is 0 Å². The van der Waals surface area contributed by atoms with Crippen LogP contribution in [0.4, 0.5) is 5.82 Å². The fourth-order valence-electron chi connectivity index (χ4n) is 2.56. The normalized spacial score (nSPS) is 12.1. The van der Waals surface area contributed by atoms with E-state index >= 15 is 0 Å². The molecule has 0 bridgehead atoms. The van der Waals surface area contributed by atoms with E-state index in [1.807, 2.05) is 55.2 Å². The van der Waals surface area contributed by atoms with Crippen LogP contribution < -0.4 is 10.6 Å². The molecular formula is C18H21N5O2. The molecule has 0 aliphatic carbocycles. The van der Waals surface area contributed by atoms with E-state index in [1.54, 1.807) is 13.0 Å². The Morgan fingerprint density at radius 3 is 2.64 bits per heavy atom. The minimum Gasteiger partial charge on any atom is -0.360 e. The van der Waals surface area contributed by atoms with Crippen molar-refractivity contribution in [2.75, 3.05) is 5.32 Å². The number of rotatable bonds is 6. The Bertz CT molecular complexity index is 853. The van der Waals surface area contributed by atoms with Gasteiger partial charge in [0, 0.05) is 30.9 Å². The van der Waals surface area contributed by atoms with E-state index in [0.717, 1.165) is 16.8 Å². The van der Waals surface area contributed by atoms with Crippen LogP contribution in [0.25, 0.3) is 0 Å². The highest BCUT2D eigenvalue weighted by atomic mass is 16.5. The third-order valence-corrected chi connectivity index (χ3v) is 4.11. The topological polar surface area (TPSA) is 85.0 Å². The van der Waals surface area contributed by atoms with E-state index in [4.69, 9.17) is 4.52 Å². The Balaban J connectivity index is 1.77. The van der Waals surface area contributed by atoms with Crippen LogP contribution in [0.1, 0.15) is 28.6 Å². The second-order valence-corrected chi connectivity index (χ2v) is 5.92. The van der Waals surface area contributed by atoms with Crippen molar-refractivity contribution in [2.45, 2.75) is 26.4 Å². The first-order valence-corrected chi connectivity index (χ1v) is 8.04. The Kier molecular flexibility index (Phi) is 4.95. The molecule has 0 saturated heterocycles. The fraction of sp³-hybridized carbons (Fsp3) is 0.278. The Morgan fingerprint density at radius 2 is 2.04 bits per heavy atom. The highest BCUT2D eigenvalue weighted by Gasteiger charge is 2.21. The molecule has 2 N–H and O–H groups in total. The molecule has 3 rings (SSSR count). The quantitative estimate of drug-likeness (QED) is 0.721. The van der Waals surface area contributed by atoms with Crippen LogP contribution in [0.2, 0.25) is 0 Å². The minimum atomic E-state index is -0.516. The second kappa shape index (κ2) is 7.31. The van der Waals surface area contributed by atoms with Crippen molar-refractivity contribution < 1.29 is 9.32 Å². The number of carbonyl (C=O) groups is 1. The summed E-state index contributed by atoms with van der Waals surface area (Å²) in [6.07, 6.45) is 1.81. The molecule has 2 aromatic heterocycles. The molecule has 7 nitrogen and oxygen atoms in total. The van der Waals surface area contributed by atoms with E-state index in [-0.39, 0.29) is 5.91 Å². The van der Waals surface area contributed by atoms with Gasteiger partial charge in [0.2, 0.25) is 5.91 Å². The maximum Gasteiger partial charge on any atom is 0.247 e. The monoisotopic (exact) mass is 339 g/mol. The zero-order valence-electron chi connectivity index (χ0n) is 14.5. The van der Waals surface area contributed by atoms with Crippen molar-refractivity contribution in [1.82, 2.24) is 20.3 Å². The van der Waals surface area contributed by atoms with Gasteiger partial charge in [-0.1, -0.05) is 35.5 Å². The molecule has 0 radical (unpaired) electrons. The number of nitrogens with one attached hydrogen (secondary N) is 2. The number of aryl methyl sites for hydroxylation is 2. The highest BCUT2D eigenvalue weighted by molar-refractivity contribution is 5.94. The van der Waals surface area contributed by atoms with E-state index in [9.17, 15) is 4.79 Å². The molecule has 1 aromatic carbocycles. The largest absolute Gasteiger partial charge is 0.360 e. The summed E-state index contributed by atoms with van der Waals surface area (Å²) < 4.78 is 6.81. The third kappa shape index (κ3) is 3.95. The van der Waals surface area contributed by atoms with Gasteiger partial charge in [-0.3, -0.25) is 14.8 Å². The van der Waals surface area contributed by atoms with E-state index in [2.05, 4.69) is 20.9 Å². The molecule has 1 amide bonds. The zero-order chi connectivity index (χ0) is 17.8. The average molecular weight is 339 g/mol. The molecule has 0 saturated carbocycles. The summed E-state index contributed by atoms with van der Waals surface area (Å²) in [4.78, 5) is 12.8. The number of hydrogen-bond donors (Lipinski definition) is 2. The van der Waals surface area contributed by atoms with Crippen molar-refractivity contribution in [1.29, 1.82) is 0 Å². The number of benzene rings is 1. The van der Waals surface area contributed by atoms with Crippen LogP contribution in [-0.4, -0.2) is 20.8 Å². The molecule has 1 unspecified atom stereocenters. The summed E-state index contributed by atoms with van der Waals surface area (Å²) in [5.74, 6) is 0.856. The van der Waals surface area contributed by atoms with E-state index < -0.39 is 6.04 Å². The van der Waals surface area contributed by atoms with Gasteiger partial charge >= 0.3 is 0 Å². The number of anilines is 1. The Hall–Kier alpha value is -2.93. The molecule has 0 fully saturated rings. The van der Waals surface area contributed by atoms with Gasteiger partial charge in [-0.2, -0.15) is 5.10 Å². The number of amides is 1. The van der Waals surface area contributed by atoms with Crippen LogP contribution in [0.15, 0.2) is 47.1 Å². The fourth-order valence-corrected chi connectivity index (χ4v) is 2.56. The average Bonchev–Trinajstić information content (AvgIpc) is 3.15. The van der Waals surface area contributed by atoms with Crippen molar-refractivity contribution in [3.63, 3.8) is 0 Å². The number of aromatic nitrogens is 3. The minimum absolute atomic E-state index is 0.193. The van der Waals surface area contributed by atoms with Gasteiger partial charge in [0.05, 0.1) is 6.20 Å². The molecule has 25 heavy (non-hydrogen) atoms. The second-order valence-electron chi connectivity index (χ2n) is 5.92. The predicted molar refractivity (Wildman–Crippen MR) is 93.8 cm³/mol. The summed E-state index contributed by atoms with van der Waals surface area (Å²) >= 11 is 0. The maximum absolute atomic E-state index is 12.8. The van der Waals surface area contributed by atoms with Crippen LogP contribution in [0.3, 0.4) is 0 Å². The maximum atomic E-state index is 12.8. The first-order valence-electron chi connectivity index (χ1n) is 8.04. The van der Waals surface area contributed by atoms with Gasteiger partial charge < -0.3 is 9.84 Å². The molecule has 3 aromatic rings. The summed E-state index contributed by atoms with van der Waals surface area (Å²) in [6, 6.07) is 10.7. The molecule has 130 valence electrons. The summed E-state index contributed by atoms with van der Waals surface area (Å²) in [5, 5.41) is 14.2. The van der Waals surface area contributed by atoms with Gasteiger partial charge in [-0.05, 0) is 19.4 Å². The summed E-state index contributed by atoms with van der Waals surface area (Å²) in [6.45, 7) is 4.31. The summed E-state index contributed by atoms with van der Waals surface area (Å²) in [5.41, 5.74) is 2.99. The SMILES string of the molecule is Cc1cc(NC(=O)C(NCc2cnn(C)c2C)c2ccccc2)no1. The van der Waals surface area contributed by atoms with Crippen LogP contribution in [0, 0.1) is 13.8 Å². The lowest BCUT2D eigenvalue weighted by Crippen LogP contribution is -2.33. The van der Waals surface area contributed by atoms with Crippen molar-refractivity contribution >= 4 is 11.7 Å². The lowest BCUT2D eigenvalue weighted by molar-refractivity contribution is -0.118. The third-order valence-electron chi connectivity index (χ3n) is 4.11. The van der Waals surface area contributed by atoms with Crippen molar-refractivity contribution in [3.05, 3.63) is 65.2 Å². The van der Waals surface area contributed by atoms with E-state index in [0.29, 0.717) is 18.1 Å². The molecule has 0 spiro atoms. The van der Waals surface area contributed by atoms with Crippen molar-refractivity contribution in [2.24, 2.45) is 7.05 Å². The van der Waals surface area contributed by atoms with Gasteiger partial charge in [-0.15, -0.1) is 0 Å². The molecule has 1 atom stereocenters. The molecule has 2 heterocycles. The molecule has 0 aliphatic rings. The first-order chi connectivity index (χ1) is 12.0. The highest BCUT2D eigenvalue weighted by Crippen LogP contribution is 2.17. The van der Waals surface area contributed by atoms with Crippen LogP contribution in [-0.2, 0) is 18.4 Å². The molecule has 7 heteroatoms. The summed E-state index contributed by atoms with van der Waals surface area (Å²) in [7, 11) is 1.90. The zero-order valence-corrected chi connectivity index (χ0v) is 14.5. The first kappa shape index (κ1) is 16.9. The van der Waals surface area contributed by atoms with Gasteiger partial charge in [0.1, 0.15) is 11.8 Å². The van der Waals surface area contributed by atoms with Crippen LogP contribution >= 0.6 is 0 Å². The standard InChI is InChI=1S/C18H21N5O2/c1-12-9-16(22-25-12)21-18(24)17(14-7-5-4-6-8-14)19-10-15-11-20-23(3)13(15)2/h4-9,11,17,19H,10H2,1-3H3,(H,21,22,24). The Labute approximate surface area is 146 Å². The number of carbonyl (C=O) groups excluding carboxylic acids is 1. The lowest BCUT2D eigenvalue weighted by Gasteiger charge is -2.18. The predicted octanol–water partition coefficient (Wildman–Crippen LogP) is 2.49. The number of nitrogens with zero attached hydrogens (tertiary/aromatic N) is 3. The molecular weight excluding hydrogens is 318 g/mol. The van der Waals surface area contributed by atoms with Gasteiger partial charge in [-0.25, -0.2) is 0 Å². The Morgan fingerprint density at radius 1 is 1.28 bits per heavy atom. The van der Waals surface area contributed by atoms with Crippen LogP contribution in [0.5, 0.6) is 0 Å². The van der Waals surface area contributed by atoms with Gasteiger partial charge in [0.25, 0.3) is 0 Å². The number of hydrogen-bond acceptors (Lipinski definition) is 5. The smallest absolute Gasteiger partial charge is 0.247 e. The molecule has 0 aliphatic heterocycles. The lowest BCUT2D eigenvalue weighted by atomic mass is 10.1. The van der Waals surface area contributed by atoms with E-state index in [1.165, 1.54) is 0 Å². The van der Waals surface area contributed by atoms with Gasteiger partial charge in [0.15, 0.2) is 5.82 Å².